The molecular weight excluding hydrogens is 204 g/mol. The molecular formula is C11H16N4O. The lowest BCUT2D eigenvalue weighted by Gasteiger charge is -2.15. The topological polar surface area (TPSA) is 62.5 Å². The molecule has 1 aromatic heterocycles. The molecule has 5 nitrogen and oxygen atoms in total. The Bertz CT molecular complexity index is 368. The van der Waals surface area contributed by atoms with E-state index >= 15 is 0 Å². The summed E-state index contributed by atoms with van der Waals surface area (Å²) in [6.07, 6.45) is 3.51. The Morgan fingerprint density at radius 3 is 3.00 bits per heavy atom. The van der Waals surface area contributed by atoms with Crippen LogP contribution >= 0.6 is 0 Å². The molecule has 1 aliphatic rings. The molecule has 2 rings (SSSR count). The lowest BCUT2D eigenvalue weighted by atomic mass is 10.2. The molecule has 16 heavy (non-hydrogen) atoms. The van der Waals surface area contributed by atoms with Gasteiger partial charge >= 0.3 is 6.03 Å². The van der Waals surface area contributed by atoms with Gasteiger partial charge in [0.15, 0.2) is 0 Å². The third-order valence-corrected chi connectivity index (χ3v) is 2.92. The third kappa shape index (κ3) is 1.99. The van der Waals surface area contributed by atoms with Crippen LogP contribution in [0.25, 0.3) is 0 Å². The van der Waals surface area contributed by atoms with Crippen molar-refractivity contribution in [3.05, 3.63) is 30.1 Å². The van der Waals surface area contributed by atoms with Gasteiger partial charge in [0.2, 0.25) is 0 Å². The summed E-state index contributed by atoms with van der Waals surface area (Å²) in [5, 5.41) is 0. The van der Waals surface area contributed by atoms with E-state index in [-0.39, 0.29) is 12.1 Å². The molecule has 1 atom stereocenters. The van der Waals surface area contributed by atoms with Crippen molar-refractivity contribution in [1.29, 1.82) is 0 Å². The van der Waals surface area contributed by atoms with Gasteiger partial charge in [0.25, 0.3) is 0 Å². The zero-order valence-electron chi connectivity index (χ0n) is 9.34. The standard InChI is InChI=1S/C11H16N4O/c1-14-10(5-12)8-15(11(14)16)7-9-3-2-4-13-6-9/h2-4,6,10H,5,7-8,12H2,1H3. The zero-order chi connectivity index (χ0) is 11.5. The maximum Gasteiger partial charge on any atom is 0.320 e. The van der Waals surface area contributed by atoms with Gasteiger partial charge in [-0.15, -0.1) is 0 Å². The molecule has 1 fully saturated rings. The third-order valence-electron chi connectivity index (χ3n) is 2.92. The Labute approximate surface area is 94.9 Å². The van der Waals surface area contributed by atoms with Crippen molar-refractivity contribution in [1.82, 2.24) is 14.8 Å². The highest BCUT2D eigenvalue weighted by Gasteiger charge is 2.33. The Balaban J connectivity index is 2.04. The number of urea groups is 1. The molecule has 0 radical (unpaired) electrons. The largest absolute Gasteiger partial charge is 0.328 e. The van der Waals surface area contributed by atoms with E-state index in [0.717, 1.165) is 5.56 Å². The average molecular weight is 220 g/mol. The van der Waals surface area contributed by atoms with Gasteiger partial charge < -0.3 is 15.5 Å². The van der Waals surface area contributed by atoms with Crippen molar-refractivity contribution in [3.8, 4) is 0 Å². The van der Waals surface area contributed by atoms with Gasteiger partial charge in [-0.25, -0.2) is 4.79 Å². The summed E-state index contributed by atoms with van der Waals surface area (Å²) < 4.78 is 0. The molecule has 0 aromatic carbocycles. The van der Waals surface area contributed by atoms with E-state index < -0.39 is 0 Å². The Morgan fingerprint density at radius 1 is 1.62 bits per heavy atom. The summed E-state index contributed by atoms with van der Waals surface area (Å²) in [4.78, 5) is 19.4. The molecule has 2 amide bonds. The van der Waals surface area contributed by atoms with Crippen LogP contribution < -0.4 is 5.73 Å². The van der Waals surface area contributed by atoms with Crippen LogP contribution in [0.5, 0.6) is 0 Å². The first-order valence-electron chi connectivity index (χ1n) is 5.33. The monoisotopic (exact) mass is 220 g/mol. The predicted molar refractivity (Wildman–Crippen MR) is 60.6 cm³/mol. The molecule has 2 heterocycles. The predicted octanol–water partition coefficient (Wildman–Crippen LogP) is 0.276. The first-order chi connectivity index (χ1) is 7.72. The van der Waals surface area contributed by atoms with E-state index in [1.54, 1.807) is 29.2 Å². The molecule has 1 aromatic rings. The molecule has 1 aliphatic heterocycles. The van der Waals surface area contributed by atoms with E-state index in [9.17, 15) is 4.79 Å². The molecule has 1 saturated heterocycles. The smallest absolute Gasteiger partial charge is 0.320 e. The number of amides is 2. The lowest BCUT2D eigenvalue weighted by Crippen LogP contribution is -2.35. The number of nitrogens with zero attached hydrogens (tertiary/aromatic N) is 3. The molecule has 0 bridgehead atoms. The van der Waals surface area contributed by atoms with Crippen molar-refractivity contribution >= 4 is 6.03 Å². The first-order valence-corrected chi connectivity index (χ1v) is 5.33. The van der Waals surface area contributed by atoms with Crippen LogP contribution in [-0.4, -0.2) is 47.0 Å². The Hall–Kier alpha value is -1.62. The quantitative estimate of drug-likeness (QED) is 0.795. The second kappa shape index (κ2) is 4.49. The number of nitrogens with two attached hydrogens (primary N) is 1. The molecule has 1 unspecified atom stereocenters. The summed E-state index contributed by atoms with van der Waals surface area (Å²) in [5.74, 6) is 0. The Morgan fingerprint density at radius 2 is 2.44 bits per heavy atom. The highest BCUT2D eigenvalue weighted by molar-refractivity contribution is 5.76. The minimum atomic E-state index is 0.0410. The van der Waals surface area contributed by atoms with Gasteiger partial charge in [0.1, 0.15) is 0 Å². The Kier molecular flexibility index (Phi) is 3.05. The number of carbonyl (C=O) groups excluding carboxylic acids is 1. The summed E-state index contributed by atoms with van der Waals surface area (Å²) in [6.45, 7) is 1.81. The van der Waals surface area contributed by atoms with Crippen LogP contribution in [0.1, 0.15) is 5.56 Å². The molecule has 2 N–H and O–H groups in total. The number of rotatable bonds is 3. The SMILES string of the molecule is CN1C(=O)N(Cc2cccnc2)CC1CN. The van der Waals surface area contributed by atoms with Gasteiger partial charge in [-0.1, -0.05) is 6.07 Å². The fraction of sp³-hybridized carbons (Fsp3) is 0.455. The molecule has 5 heteroatoms. The van der Waals surface area contributed by atoms with E-state index in [4.69, 9.17) is 5.73 Å². The van der Waals surface area contributed by atoms with E-state index in [1.807, 2.05) is 12.1 Å². The summed E-state index contributed by atoms with van der Waals surface area (Å²) in [5.41, 5.74) is 6.65. The van der Waals surface area contributed by atoms with E-state index in [0.29, 0.717) is 19.6 Å². The van der Waals surface area contributed by atoms with Crippen molar-refractivity contribution < 1.29 is 4.79 Å². The minimum Gasteiger partial charge on any atom is -0.328 e. The number of pyridine rings is 1. The van der Waals surface area contributed by atoms with E-state index in [2.05, 4.69) is 4.98 Å². The van der Waals surface area contributed by atoms with Crippen LogP contribution in [0, 0.1) is 0 Å². The fourth-order valence-electron chi connectivity index (χ4n) is 1.91. The van der Waals surface area contributed by atoms with Crippen LogP contribution in [0.4, 0.5) is 4.79 Å². The summed E-state index contributed by atoms with van der Waals surface area (Å²) >= 11 is 0. The molecule has 0 aliphatic carbocycles. The fourth-order valence-corrected chi connectivity index (χ4v) is 1.91. The average Bonchev–Trinajstić information content (AvgIpc) is 2.58. The normalized spacial score (nSPS) is 20.6. The number of aromatic nitrogens is 1. The first kappa shape index (κ1) is 10.9. The van der Waals surface area contributed by atoms with Gasteiger partial charge in [0, 0.05) is 39.1 Å². The highest BCUT2D eigenvalue weighted by Crippen LogP contribution is 2.15. The molecule has 86 valence electrons. The van der Waals surface area contributed by atoms with Crippen molar-refractivity contribution in [2.45, 2.75) is 12.6 Å². The summed E-state index contributed by atoms with van der Waals surface area (Å²) in [6, 6.07) is 4.01. The van der Waals surface area contributed by atoms with Crippen LogP contribution in [0.3, 0.4) is 0 Å². The van der Waals surface area contributed by atoms with Crippen LogP contribution in [0.2, 0.25) is 0 Å². The minimum absolute atomic E-state index is 0.0410. The van der Waals surface area contributed by atoms with E-state index in [1.165, 1.54) is 0 Å². The maximum absolute atomic E-state index is 11.9. The summed E-state index contributed by atoms with van der Waals surface area (Å²) in [7, 11) is 1.79. The number of hydrogen-bond acceptors (Lipinski definition) is 3. The van der Waals surface area contributed by atoms with Crippen molar-refractivity contribution in [2.24, 2.45) is 5.73 Å². The zero-order valence-corrected chi connectivity index (χ0v) is 9.34. The van der Waals surface area contributed by atoms with Crippen LogP contribution in [-0.2, 0) is 6.54 Å². The van der Waals surface area contributed by atoms with Gasteiger partial charge in [-0.05, 0) is 11.6 Å². The second-order valence-corrected chi connectivity index (χ2v) is 4.02. The number of carbonyl (C=O) groups is 1. The maximum atomic E-state index is 11.9. The van der Waals surface area contributed by atoms with Crippen molar-refractivity contribution in [3.63, 3.8) is 0 Å². The number of likely N-dealkylation sites (N-methyl/N-ethyl adjacent to an activating group) is 1. The van der Waals surface area contributed by atoms with Crippen LogP contribution in [0.15, 0.2) is 24.5 Å². The second-order valence-electron chi connectivity index (χ2n) is 4.02. The van der Waals surface area contributed by atoms with Gasteiger partial charge in [0.05, 0.1) is 6.04 Å². The lowest BCUT2D eigenvalue weighted by molar-refractivity contribution is 0.194. The van der Waals surface area contributed by atoms with Gasteiger partial charge in [-0.3, -0.25) is 4.98 Å². The highest BCUT2D eigenvalue weighted by atomic mass is 16.2. The number of hydrogen-bond donors (Lipinski definition) is 1. The van der Waals surface area contributed by atoms with Crippen molar-refractivity contribution in [2.75, 3.05) is 20.1 Å². The molecule has 0 spiro atoms. The van der Waals surface area contributed by atoms with Gasteiger partial charge in [-0.2, -0.15) is 0 Å². The molecule has 0 saturated carbocycles.